The summed E-state index contributed by atoms with van der Waals surface area (Å²) in [6, 6.07) is 0.551. The maximum atomic E-state index is 6.11. The van der Waals surface area contributed by atoms with Crippen molar-refractivity contribution in [3.05, 3.63) is 15.7 Å². The van der Waals surface area contributed by atoms with E-state index in [0.29, 0.717) is 11.3 Å². The molecule has 0 atom stereocenters. The number of fused-ring (bicyclic) bond motifs is 3. The number of hydrogen-bond donors (Lipinski definition) is 2. The van der Waals surface area contributed by atoms with E-state index in [0.717, 1.165) is 37.0 Å². The van der Waals surface area contributed by atoms with Crippen molar-refractivity contribution in [3.8, 4) is 0 Å². The predicted molar refractivity (Wildman–Crippen MR) is 120 cm³/mol. The molecule has 2 N–H and O–H groups in total. The van der Waals surface area contributed by atoms with Gasteiger partial charge in [-0.15, -0.1) is 11.3 Å². The molecular weight excluding hydrogens is 392 g/mol. The Morgan fingerprint density at radius 2 is 1.79 bits per heavy atom. The van der Waals surface area contributed by atoms with E-state index < -0.39 is 0 Å². The largest absolute Gasteiger partial charge is 0.379 e. The first-order valence-electron chi connectivity index (χ1n) is 10.8. The van der Waals surface area contributed by atoms with E-state index in [9.17, 15) is 0 Å². The molecule has 5 nitrogen and oxygen atoms in total. The SMILES string of the molecule is C1COCCN1.CC.Clc1nc(NC2CCCCC2)c2c3c(sc2n1)CCC3. The number of thiophene rings is 1. The molecule has 7 heteroatoms. The van der Waals surface area contributed by atoms with Crippen molar-refractivity contribution >= 4 is 39.0 Å². The Bertz CT molecular complexity index is 730. The Morgan fingerprint density at radius 1 is 1.04 bits per heavy atom. The fourth-order valence-electron chi connectivity index (χ4n) is 4.03. The smallest absolute Gasteiger partial charge is 0.225 e. The summed E-state index contributed by atoms with van der Waals surface area (Å²) in [4.78, 5) is 11.5. The van der Waals surface area contributed by atoms with E-state index >= 15 is 0 Å². The standard InChI is InChI=1S/C15H18ClN3S.C4H9NO.C2H6/c16-15-18-13(17-9-5-2-1-3-6-9)12-10-7-4-8-11(10)20-14(12)19-15;1-3-6-4-2-5-1;1-2/h9H,1-8H2,(H,17,18,19);5H,1-4H2;1-2H3. The Hall–Kier alpha value is -0.950. The van der Waals surface area contributed by atoms with Crippen LogP contribution in [0.25, 0.3) is 10.2 Å². The summed E-state index contributed by atoms with van der Waals surface area (Å²) in [5.74, 6) is 0.978. The van der Waals surface area contributed by atoms with Crippen molar-refractivity contribution in [1.82, 2.24) is 15.3 Å². The van der Waals surface area contributed by atoms with Gasteiger partial charge in [-0.1, -0.05) is 33.1 Å². The summed E-state index contributed by atoms with van der Waals surface area (Å²) in [7, 11) is 0. The lowest BCUT2D eigenvalue weighted by molar-refractivity contribution is 0.109. The van der Waals surface area contributed by atoms with E-state index in [1.807, 2.05) is 13.8 Å². The van der Waals surface area contributed by atoms with Crippen LogP contribution >= 0.6 is 22.9 Å². The number of aryl methyl sites for hydroxylation is 2. The lowest BCUT2D eigenvalue weighted by atomic mass is 9.95. The van der Waals surface area contributed by atoms with Crippen molar-refractivity contribution in [1.29, 1.82) is 0 Å². The molecule has 2 aromatic rings. The van der Waals surface area contributed by atoms with E-state index in [2.05, 4.69) is 20.6 Å². The molecule has 2 fully saturated rings. The minimum absolute atomic E-state index is 0.371. The molecule has 5 rings (SSSR count). The van der Waals surface area contributed by atoms with E-state index in [-0.39, 0.29) is 0 Å². The molecule has 1 aliphatic heterocycles. The number of morpholine rings is 1. The number of nitrogens with one attached hydrogen (secondary N) is 2. The zero-order chi connectivity index (χ0) is 19.8. The molecule has 0 unspecified atom stereocenters. The fraction of sp³-hybridized carbons (Fsp3) is 0.714. The second kappa shape index (κ2) is 11.3. The van der Waals surface area contributed by atoms with Gasteiger partial charge < -0.3 is 15.4 Å². The van der Waals surface area contributed by atoms with Crippen molar-refractivity contribution < 1.29 is 4.74 Å². The van der Waals surface area contributed by atoms with Gasteiger partial charge in [-0.05, 0) is 49.3 Å². The fourth-order valence-corrected chi connectivity index (χ4v) is 5.51. The van der Waals surface area contributed by atoms with Gasteiger partial charge in [-0.25, -0.2) is 9.97 Å². The molecule has 156 valence electrons. The van der Waals surface area contributed by atoms with Gasteiger partial charge in [-0.3, -0.25) is 0 Å². The van der Waals surface area contributed by atoms with Crippen LogP contribution < -0.4 is 10.6 Å². The summed E-state index contributed by atoms with van der Waals surface area (Å²) in [6.07, 6.45) is 10.1. The highest BCUT2D eigenvalue weighted by molar-refractivity contribution is 7.19. The highest BCUT2D eigenvalue weighted by Gasteiger charge is 2.23. The minimum atomic E-state index is 0.371. The molecule has 0 amide bonds. The van der Waals surface area contributed by atoms with Gasteiger partial charge in [-0.2, -0.15) is 0 Å². The number of rotatable bonds is 2. The van der Waals surface area contributed by atoms with Crippen molar-refractivity contribution in [2.75, 3.05) is 31.6 Å². The molecule has 0 aromatic carbocycles. The Balaban J connectivity index is 0.000000239. The lowest BCUT2D eigenvalue weighted by Gasteiger charge is -2.23. The first-order valence-corrected chi connectivity index (χ1v) is 12.0. The van der Waals surface area contributed by atoms with Gasteiger partial charge in [0.15, 0.2) is 0 Å². The first kappa shape index (κ1) is 21.8. The second-order valence-electron chi connectivity index (χ2n) is 7.22. The van der Waals surface area contributed by atoms with Crippen LogP contribution in [0.1, 0.15) is 62.8 Å². The molecule has 3 heterocycles. The maximum absolute atomic E-state index is 6.11. The first-order chi connectivity index (χ1) is 13.8. The third-order valence-corrected chi connectivity index (χ3v) is 6.68. The summed E-state index contributed by atoms with van der Waals surface area (Å²) >= 11 is 7.91. The van der Waals surface area contributed by atoms with Gasteiger partial charge in [0, 0.05) is 24.0 Å². The summed E-state index contributed by atoms with van der Waals surface area (Å²) < 4.78 is 5.01. The Kier molecular flexibility index (Phi) is 8.77. The Morgan fingerprint density at radius 3 is 2.43 bits per heavy atom. The summed E-state index contributed by atoms with van der Waals surface area (Å²) in [5.41, 5.74) is 1.47. The molecule has 28 heavy (non-hydrogen) atoms. The number of hydrogen-bond acceptors (Lipinski definition) is 6. The molecule has 0 radical (unpaired) electrons. The lowest BCUT2D eigenvalue weighted by Crippen LogP contribution is -2.30. The third-order valence-electron chi connectivity index (χ3n) is 5.33. The zero-order valence-electron chi connectivity index (χ0n) is 17.2. The van der Waals surface area contributed by atoms with Gasteiger partial charge in [0.05, 0.1) is 18.6 Å². The van der Waals surface area contributed by atoms with Crippen LogP contribution in [0.4, 0.5) is 5.82 Å². The topological polar surface area (TPSA) is 59.1 Å². The van der Waals surface area contributed by atoms with Crippen LogP contribution in [0.15, 0.2) is 0 Å². The summed E-state index contributed by atoms with van der Waals surface area (Å²) in [6.45, 7) is 7.83. The average Bonchev–Trinajstić information content (AvgIpc) is 3.33. The zero-order valence-corrected chi connectivity index (χ0v) is 18.7. The molecule has 2 aliphatic carbocycles. The van der Waals surface area contributed by atoms with Crippen LogP contribution in [-0.4, -0.2) is 42.3 Å². The number of ether oxygens (including phenoxy) is 1. The number of nitrogens with zero attached hydrogens (tertiary/aromatic N) is 2. The van der Waals surface area contributed by atoms with Crippen LogP contribution in [0.2, 0.25) is 5.28 Å². The molecule has 0 spiro atoms. The van der Waals surface area contributed by atoms with E-state index in [4.69, 9.17) is 16.3 Å². The van der Waals surface area contributed by atoms with Crippen LogP contribution in [0.5, 0.6) is 0 Å². The number of anilines is 1. The normalized spacial score (nSPS) is 19.2. The van der Waals surface area contributed by atoms with Gasteiger partial charge in [0.2, 0.25) is 5.28 Å². The number of aromatic nitrogens is 2. The third kappa shape index (κ3) is 5.56. The van der Waals surface area contributed by atoms with E-state index in [1.165, 1.54) is 67.2 Å². The number of halogens is 1. The predicted octanol–water partition coefficient (Wildman–Crippen LogP) is 5.21. The van der Waals surface area contributed by atoms with Gasteiger partial charge >= 0.3 is 0 Å². The quantitative estimate of drug-likeness (QED) is 0.648. The molecule has 3 aliphatic rings. The molecule has 1 saturated heterocycles. The van der Waals surface area contributed by atoms with Gasteiger partial charge in [0.25, 0.3) is 0 Å². The molecule has 1 saturated carbocycles. The van der Waals surface area contributed by atoms with Crippen LogP contribution in [0.3, 0.4) is 0 Å². The van der Waals surface area contributed by atoms with Crippen molar-refractivity contribution in [2.45, 2.75) is 71.3 Å². The van der Waals surface area contributed by atoms with Crippen LogP contribution in [0, 0.1) is 0 Å². The van der Waals surface area contributed by atoms with E-state index in [1.54, 1.807) is 11.3 Å². The van der Waals surface area contributed by atoms with Crippen LogP contribution in [-0.2, 0) is 17.6 Å². The van der Waals surface area contributed by atoms with Gasteiger partial charge in [0.1, 0.15) is 10.6 Å². The van der Waals surface area contributed by atoms with Crippen molar-refractivity contribution in [3.63, 3.8) is 0 Å². The molecule has 0 bridgehead atoms. The highest BCUT2D eigenvalue weighted by Crippen LogP contribution is 2.40. The average molecular weight is 425 g/mol. The summed E-state index contributed by atoms with van der Waals surface area (Å²) in [5, 5.41) is 8.43. The Labute approximate surface area is 177 Å². The molecule has 2 aromatic heterocycles. The highest BCUT2D eigenvalue weighted by atomic mass is 35.5. The second-order valence-corrected chi connectivity index (χ2v) is 8.64. The monoisotopic (exact) mass is 424 g/mol. The molecular formula is C21H33ClN4OS. The van der Waals surface area contributed by atoms with Crippen molar-refractivity contribution in [2.24, 2.45) is 0 Å². The minimum Gasteiger partial charge on any atom is -0.379 e. The maximum Gasteiger partial charge on any atom is 0.225 e.